The number of aromatic hydroxyl groups is 1. The average Bonchev–Trinajstić information content (AvgIpc) is 3.14. The summed E-state index contributed by atoms with van der Waals surface area (Å²) >= 11 is 0. The second-order valence-corrected chi connectivity index (χ2v) is 7.61. The van der Waals surface area contributed by atoms with E-state index in [4.69, 9.17) is 14.7 Å². The van der Waals surface area contributed by atoms with Crippen molar-refractivity contribution in [3.8, 4) is 5.75 Å². The van der Waals surface area contributed by atoms with Gasteiger partial charge >= 0.3 is 10.3 Å². The number of anilines is 1. The number of nitrogens with two attached hydrogens (primary N) is 1. The van der Waals surface area contributed by atoms with Gasteiger partial charge in [0.2, 0.25) is 0 Å². The van der Waals surface area contributed by atoms with Crippen LogP contribution in [-0.2, 0) is 26.0 Å². The molecule has 0 aliphatic heterocycles. The second-order valence-electron chi connectivity index (χ2n) is 6.26. The maximum absolute atomic E-state index is 12.1. The van der Waals surface area contributed by atoms with Gasteiger partial charge in [0.05, 0.1) is 24.6 Å². The van der Waals surface area contributed by atoms with Crippen LogP contribution in [0.4, 0.5) is 5.82 Å². The molecule has 0 aliphatic rings. The molecule has 5 N–H and O–H groups in total. The summed E-state index contributed by atoms with van der Waals surface area (Å²) in [5.74, 6) is -1.24. The molecular weight excluding hydrogens is 432 g/mol. The van der Waals surface area contributed by atoms with Crippen LogP contribution in [0.1, 0.15) is 16.8 Å². The number of nitrogen functional groups attached to an aromatic ring is 1. The van der Waals surface area contributed by atoms with E-state index in [-0.39, 0.29) is 36.9 Å². The monoisotopic (exact) mass is 452 g/mol. The van der Waals surface area contributed by atoms with E-state index in [1.807, 2.05) is 0 Å². The Morgan fingerprint density at radius 2 is 2.03 bits per heavy atom. The van der Waals surface area contributed by atoms with E-state index in [9.17, 15) is 23.4 Å². The zero-order chi connectivity index (χ0) is 22.4. The Hall–Kier alpha value is -3.33. The van der Waals surface area contributed by atoms with Gasteiger partial charge in [-0.3, -0.25) is 13.5 Å². The molecule has 13 nitrogen and oxygen atoms in total. The zero-order valence-corrected chi connectivity index (χ0v) is 16.9. The van der Waals surface area contributed by atoms with E-state index >= 15 is 0 Å². The third kappa shape index (κ3) is 5.64. The van der Waals surface area contributed by atoms with E-state index in [1.54, 1.807) is 4.72 Å². The molecular formula is C17H20N6O7S. The summed E-state index contributed by atoms with van der Waals surface area (Å²) in [5.41, 5.74) is 6.29. The van der Waals surface area contributed by atoms with Crippen LogP contribution in [-0.4, -0.2) is 63.4 Å². The number of carbonyl (C=O) groups is 1. The molecule has 2 heterocycles. The molecule has 0 spiro atoms. The van der Waals surface area contributed by atoms with Crippen molar-refractivity contribution in [3.63, 3.8) is 0 Å². The molecule has 14 heteroatoms. The predicted octanol–water partition coefficient (Wildman–Crippen LogP) is -0.469. The molecule has 1 amide bonds. The van der Waals surface area contributed by atoms with Crippen molar-refractivity contribution >= 4 is 33.2 Å². The first-order valence-electron chi connectivity index (χ1n) is 8.94. The smallest absolute Gasteiger partial charge is 0.362 e. The molecule has 2 aromatic heterocycles. The molecule has 0 saturated heterocycles. The zero-order valence-electron chi connectivity index (χ0n) is 16.1. The third-order valence-electron chi connectivity index (χ3n) is 4.11. The molecule has 3 rings (SSSR count). The highest BCUT2D eigenvalue weighted by molar-refractivity contribution is 7.85. The SMILES string of the molecule is Nc1ncnc2c1ncn2CO[C@@H](CCO)COS(=O)(=O)NC(=O)c1ccccc1O. The van der Waals surface area contributed by atoms with Gasteiger partial charge in [0.1, 0.15) is 24.3 Å². The van der Waals surface area contributed by atoms with Crippen LogP contribution in [0.15, 0.2) is 36.9 Å². The van der Waals surface area contributed by atoms with E-state index < -0.39 is 28.9 Å². The molecule has 0 unspecified atom stereocenters. The number of imidazole rings is 1. The molecule has 3 aromatic rings. The number of nitrogens with zero attached hydrogens (tertiary/aromatic N) is 4. The lowest BCUT2D eigenvalue weighted by atomic mass is 10.2. The fourth-order valence-electron chi connectivity index (χ4n) is 2.57. The fraction of sp³-hybridized carbons (Fsp3) is 0.294. The molecule has 0 radical (unpaired) electrons. The molecule has 0 bridgehead atoms. The van der Waals surface area contributed by atoms with Gasteiger partial charge in [-0.1, -0.05) is 12.1 Å². The van der Waals surface area contributed by atoms with Crippen molar-refractivity contribution < 1.29 is 32.3 Å². The minimum Gasteiger partial charge on any atom is -0.507 e. The summed E-state index contributed by atoms with van der Waals surface area (Å²) in [6, 6.07) is 5.44. The van der Waals surface area contributed by atoms with Crippen molar-refractivity contribution in [1.29, 1.82) is 0 Å². The van der Waals surface area contributed by atoms with Crippen molar-refractivity contribution in [2.75, 3.05) is 18.9 Å². The van der Waals surface area contributed by atoms with Crippen LogP contribution in [0, 0.1) is 0 Å². The highest BCUT2D eigenvalue weighted by Gasteiger charge is 2.21. The number of fused-ring (bicyclic) bond motifs is 1. The van der Waals surface area contributed by atoms with Crippen LogP contribution < -0.4 is 10.5 Å². The summed E-state index contributed by atoms with van der Waals surface area (Å²) in [7, 11) is -4.50. The fourth-order valence-corrected chi connectivity index (χ4v) is 3.29. The molecule has 0 aliphatic carbocycles. The standard InChI is InChI=1S/C17H20N6O7S/c18-15-14-16(20-8-19-15)23(9-21-14)10-29-11(5-6-24)7-30-31(27,28)22-17(26)12-3-1-2-4-13(12)25/h1-4,8-9,11,24-25H,5-7,10H2,(H,22,26)(H2,18,19,20)/t11-/m0/s1. The Bertz CT molecular complexity index is 1170. The summed E-state index contributed by atoms with van der Waals surface area (Å²) in [6.45, 7) is -0.850. The van der Waals surface area contributed by atoms with Gasteiger partial charge in [-0.2, -0.15) is 8.42 Å². The van der Waals surface area contributed by atoms with E-state index in [0.717, 1.165) is 0 Å². The van der Waals surface area contributed by atoms with Crippen molar-refractivity contribution in [2.45, 2.75) is 19.3 Å². The number of ether oxygens (including phenoxy) is 1. The number of amides is 1. The Morgan fingerprint density at radius 3 is 2.77 bits per heavy atom. The summed E-state index contributed by atoms with van der Waals surface area (Å²) < 4.78 is 37.8. The Morgan fingerprint density at radius 1 is 1.26 bits per heavy atom. The van der Waals surface area contributed by atoms with Crippen molar-refractivity contribution in [3.05, 3.63) is 42.5 Å². The van der Waals surface area contributed by atoms with E-state index in [2.05, 4.69) is 15.0 Å². The molecule has 1 aromatic carbocycles. The van der Waals surface area contributed by atoms with Crippen LogP contribution in [0.3, 0.4) is 0 Å². The number of aliphatic hydroxyl groups excluding tert-OH is 1. The van der Waals surface area contributed by atoms with Crippen LogP contribution in [0.5, 0.6) is 5.75 Å². The lowest BCUT2D eigenvalue weighted by molar-refractivity contribution is -0.0268. The number of nitrogens with one attached hydrogen (secondary N) is 1. The lowest BCUT2D eigenvalue weighted by Gasteiger charge is -2.17. The summed E-state index contributed by atoms with van der Waals surface area (Å²) in [6.07, 6.45) is 1.92. The van der Waals surface area contributed by atoms with Crippen LogP contribution >= 0.6 is 0 Å². The maximum Gasteiger partial charge on any atom is 0.362 e. The minimum absolute atomic E-state index is 0.0622. The normalized spacial score (nSPS) is 12.7. The summed E-state index contributed by atoms with van der Waals surface area (Å²) in [5, 5.41) is 18.9. The number of carbonyl (C=O) groups excluding carboxylic acids is 1. The van der Waals surface area contributed by atoms with Crippen LogP contribution in [0.2, 0.25) is 0 Å². The number of benzene rings is 1. The number of para-hydroxylation sites is 1. The second kappa shape index (κ2) is 9.65. The third-order valence-corrected chi connectivity index (χ3v) is 4.99. The summed E-state index contributed by atoms with van der Waals surface area (Å²) in [4.78, 5) is 24.0. The lowest BCUT2D eigenvalue weighted by Crippen LogP contribution is -2.34. The van der Waals surface area contributed by atoms with Gasteiger partial charge in [0, 0.05) is 6.61 Å². The van der Waals surface area contributed by atoms with Gasteiger partial charge in [0.25, 0.3) is 5.91 Å². The van der Waals surface area contributed by atoms with E-state index in [0.29, 0.717) is 11.2 Å². The first-order chi connectivity index (χ1) is 14.8. The van der Waals surface area contributed by atoms with Gasteiger partial charge < -0.3 is 20.7 Å². The topological polar surface area (TPSA) is 192 Å². The first kappa shape index (κ1) is 22.4. The molecule has 0 saturated carbocycles. The maximum atomic E-state index is 12.1. The largest absolute Gasteiger partial charge is 0.507 e. The average molecular weight is 452 g/mol. The number of hydrogen-bond donors (Lipinski definition) is 4. The highest BCUT2D eigenvalue weighted by atomic mass is 32.2. The number of hydrogen-bond acceptors (Lipinski definition) is 11. The Kier molecular flexibility index (Phi) is 6.96. The van der Waals surface area contributed by atoms with Gasteiger partial charge in [-0.15, -0.1) is 0 Å². The van der Waals surface area contributed by atoms with Gasteiger partial charge in [-0.05, 0) is 18.6 Å². The number of aliphatic hydroxyl groups is 1. The molecule has 0 fully saturated rings. The van der Waals surface area contributed by atoms with E-state index in [1.165, 1.54) is 41.5 Å². The van der Waals surface area contributed by atoms with Gasteiger partial charge in [0.15, 0.2) is 11.5 Å². The quantitative estimate of drug-likeness (QED) is 0.311. The molecule has 1 atom stereocenters. The molecule has 166 valence electrons. The van der Waals surface area contributed by atoms with Crippen molar-refractivity contribution in [1.82, 2.24) is 24.2 Å². The number of rotatable bonds is 10. The van der Waals surface area contributed by atoms with Gasteiger partial charge in [-0.25, -0.2) is 19.7 Å². The number of aromatic nitrogens is 4. The number of phenols is 1. The molecule has 31 heavy (non-hydrogen) atoms. The predicted molar refractivity (Wildman–Crippen MR) is 107 cm³/mol. The van der Waals surface area contributed by atoms with Crippen LogP contribution in [0.25, 0.3) is 11.2 Å². The Labute approximate surface area is 176 Å². The first-order valence-corrected chi connectivity index (χ1v) is 10.3. The Balaban J connectivity index is 1.59. The minimum atomic E-state index is -4.50. The van der Waals surface area contributed by atoms with Crippen molar-refractivity contribution in [2.24, 2.45) is 0 Å². The number of phenolic OH excluding ortho intramolecular Hbond substituents is 1. The highest BCUT2D eigenvalue weighted by Crippen LogP contribution is 2.16.